The van der Waals surface area contributed by atoms with Crippen molar-refractivity contribution in [1.82, 2.24) is 9.66 Å². The number of hydrogen-bond donors (Lipinski definition) is 0. The first-order chi connectivity index (χ1) is 14.2. The number of aromatic nitrogens is 2. The van der Waals surface area contributed by atoms with E-state index in [1.54, 1.807) is 6.21 Å². The minimum atomic E-state index is -0.125. The Balaban J connectivity index is 1.84. The lowest BCUT2D eigenvalue weighted by molar-refractivity contribution is 0.339. The van der Waals surface area contributed by atoms with Gasteiger partial charge in [-0.15, -0.1) is 0 Å². The van der Waals surface area contributed by atoms with Gasteiger partial charge in [-0.25, -0.2) is 4.98 Å². The highest BCUT2D eigenvalue weighted by atomic mass is 79.9. The number of fused-ring (bicyclic) bond motifs is 1. The highest BCUT2D eigenvalue weighted by Crippen LogP contribution is 2.32. The summed E-state index contributed by atoms with van der Waals surface area (Å²) in [6, 6.07) is 13.3. The SMILES string of the molecule is CCOc1ccc(Br)cc1C=Nn1c(C2CCCCC2)nc2ccccc2c1=O. The molecule has 0 N–H and O–H groups in total. The van der Waals surface area contributed by atoms with Gasteiger partial charge >= 0.3 is 0 Å². The van der Waals surface area contributed by atoms with E-state index in [1.165, 1.54) is 11.1 Å². The van der Waals surface area contributed by atoms with E-state index in [9.17, 15) is 4.79 Å². The van der Waals surface area contributed by atoms with Crippen LogP contribution in [0.4, 0.5) is 0 Å². The average Bonchev–Trinajstić information content (AvgIpc) is 2.75. The van der Waals surface area contributed by atoms with Crippen LogP contribution in [0.2, 0.25) is 0 Å². The number of para-hydroxylation sites is 1. The van der Waals surface area contributed by atoms with E-state index < -0.39 is 0 Å². The van der Waals surface area contributed by atoms with Gasteiger partial charge < -0.3 is 4.74 Å². The van der Waals surface area contributed by atoms with E-state index in [-0.39, 0.29) is 11.5 Å². The maximum Gasteiger partial charge on any atom is 0.282 e. The Morgan fingerprint density at radius 3 is 2.79 bits per heavy atom. The molecule has 0 aliphatic heterocycles. The van der Waals surface area contributed by atoms with Gasteiger partial charge in [0.15, 0.2) is 0 Å². The van der Waals surface area contributed by atoms with Gasteiger partial charge in [0.2, 0.25) is 0 Å². The van der Waals surface area contributed by atoms with E-state index in [0.29, 0.717) is 12.0 Å². The van der Waals surface area contributed by atoms with Gasteiger partial charge in [0.25, 0.3) is 5.56 Å². The van der Waals surface area contributed by atoms with Crippen molar-refractivity contribution in [3.63, 3.8) is 0 Å². The average molecular weight is 454 g/mol. The standard InChI is InChI=1S/C23H24BrN3O2/c1-2-29-21-13-12-18(24)14-17(21)15-25-27-22(16-8-4-3-5-9-16)26-20-11-7-6-10-19(20)23(27)28/h6-7,10-16H,2-5,8-9H2,1H3. The van der Waals surface area contributed by atoms with Crippen LogP contribution in [0.5, 0.6) is 5.75 Å². The Morgan fingerprint density at radius 2 is 2.00 bits per heavy atom. The van der Waals surface area contributed by atoms with Gasteiger partial charge in [-0.3, -0.25) is 4.79 Å². The summed E-state index contributed by atoms with van der Waals surface area (Å²) in [7, 11) is 0. The summed E-state index contributed by atoms with van der Waals surface area (Å²) in [5.74, 6) is 1.75. The number of halogens is 1. The second-order valence-corrected chi connectivity index (χ2v) is 8.21. The highest BCUT2D eigenvalue weighted by molar-refractivity contribution is 9.10. The topological polar surface area (TPSA) is 56.5 Å². The second-order valence-electron chi connectivity index (χ2n) is 7.30. The minimum absolute atomic E-state index is 0.125. The molecule has 0 atom stereocenters. The molecule has 1 fully saturated rings. The molecular formula is C23H24BrN3O2. The van der Waals surface area contributed by atoms with Crippen LogP contribution in [0.25, 0.3) is 10.9 Å². The van der Waals surface area contributed by atoms with Crippen LogP contribution in [0.15, 0.2) is 56.8 Å². The fourth-order valence-electron chi connectivity index (χ4n) is 3.90. The zero-order chi connectivity index (χ0) is 20.2. The molecule has 0 bridgehead atoms. The molecule has 1 aliphatic rings. The van der Waals surface area contributed by atoms with E-state index in [0.717, 1.165) is 52.8 Å². The van der Waals surface area contributed by atoms with E-state index in [2.05, 4.69) is 21.0 Å². The summed E-state index contributed by atoms with van der Waals surface area (Å²) in [5.41, 5.74) is 1.43. The molecule has 5 nitrogen and oxygen atoms in total. The first-order valence-corrected chi connectivity index (χ1v) is 10.9. The summed E-state index contributed by atoms with van der Waals surface area (Å²) in [6.07, 6.45) is 7.35. The van der Waals surface area contributed by atoms with Crippen LogP contribution in [0.3, 0.4) is 0 Å². The number of hydrogen-bond acceptors (Lipinski definition) is 4. The molecule has 150 valence electrons. The van der Waals surface area contributed by atoms with Crippen molar-refractivity contribution in [3.8, 4) is 5.75 Å². The smallest absolute Gasteiger partial charge is 0.282 e. The number of ether oxygens (including phenoxy) is 1. The monoisotopic (exact) mass is 453 g/mol. The van der Waals surface area contributed by atoms with E-state index in [1.807, 2.05) is 49.4 Å². The first-order valence-electron chi connectivity index (χ1n) is 10.2. The lowest BCUT2D eigenvalue weighted by atomic mass is 9.88. The quantitative estimate of drug-likeness (QED) is 0.480. The molecular weight excluding hydrogens is 430 g/mol. The van der Waals surface area contributed by atoms with Crippen molar-refractivity contribution in [2.45, 2.75) is 44.9 Å². The molecule has 2 aromatic carbocycles. The zero-order valence-electron chi connectivity index (χ0n) is 16.5. The predicted octanol–water partition coefficient (Wildman–Crippen LogP) is 5.49. The minimum Gasteiger partial charge on any atom is -0.493 e. The molecule has 0 spiro atoms. The molecule has 0 amide bonds. The van der Waals surface area contributed by atoms with Gasteiger partial charge in [-0.2, -0.15) is 9.78 Å². The van der Waals surface area contributed by atoms with Gasteiger partial charge in [0.05, 0.1) is 23.7 Å². The summed E-state index contributed by atoms with van der Waals surface area (Å²) in [5, 5.41) is 5.19. The van der Waals surface area contributed by atoms with Crippen LogP contribution in [-0.4, -0.2) is 22.5 Å². The van der Waals surface area contributed by atoms with Crippen LogP contribution in [-0.2, 0) is 0 Å². The first kappa shape index (κ1) is 19.8. The highest BCUT2D eigenvalue weighted by Gasteiger charge is 2.22. The summed E-state index contributed by atoms with van der Waals surface area (Å²) in [6.45, 7) is 2.51. The van der Waals surface area contributed by atoms with Crippen LogP contribution < -0.4 is 10.3 Å². The van der Waals surface area contributed by atoms with Gasteiger partial charge in [-0.1, -0.05) is 47.3 Å². The third-order valence-electron chi connectivity index (χ3n) is 5.33. The van der Waals surface area contributed by atoms with Crippen molar-refractivity contribution in [1.29, 1.82) is 0 Å². The van der Waals surface area contributed by atoms with Crippen LogP contribution >= 0.6 is 15.9 Å². The summed E-state index contributed by atoms with van der Waals surface area (Å²) < 4.78 is 8.14. The summed E-state index contributed by atoms with van der Waals surface area (Å²) in [4.78, 5) is 18.1. The fraction of sp³-hybridized carbons (Fsp3) is 0.348. The van der Waals surface area contributed by atoms with Gasteiger partial charge in [0, 0.05) is 16.0 Å². The van der Waals surface area contributed by atoms with E-state index >= 15 is 0 Å². The lowest BCUT2D eigenvalue weighted by Crippen LogP contribution is -2.25. The molecule has 1 saturated carbocycles. The zero-order valence-corrected chi connectivity index (χ0v) is 18.1. The second kappa shape index (κ2) is 8.91. The van der Waals surface area contributed by atoms with Crippen LogP contribution in [0, 0.1) is 0 Å². The maximum atomic E-state index is 13.3. The maximum absolute atomic E-state index is 13.3. The molecule has 0 unspecified atom stereocenters. The van der Waals surface area contributed by atoms with Gasteiger partial charge in [-0.05, 0) is 50.1 Å². The molecule has 1 heterocycles. The predicted molar refractivity (Wildman–Crippen MR) is 120 cm³/mol. The third-order valence-corrected chi connectivity index (χ3v) is 5.83. The number of benzene rings is 2. The Kier molecular flexibility index (Phi) is 6.09. The molecule has 0 radical (unpaired) electrons. The molecule has 6 heteroatoms. The Bertz CT molecular complexity index is 1100. The van der Waals surface area contributed by atoms with Crippen molar-refractivity contribution in [3.05, 3.63) is 68.7 Å². The molecule has 0 saturated heterocycles. The van der Waals surface area contributed by atoms with Crippen molar-refractivity contribution >= 4 is 33.0 Å². The van der Waals surface area contributed by atoms with Gasteiger partial charge in [0.1, 0.15) is 11.6 Å². The van der Waals surface area contributed by atoms with Crippen molar-refractivity contribution in [2.24, 2.45) is 5.10 Å². The van der Waals surface area contributed by atoms with E-state index in [4.69, 9.17) is 9.72 Å². The summed E-state index contributed by atoms with van der Waals surface area (Å²) >= 11 is 3.50. The number of rotatable bonds is 5. The number of nitrogens with zero attached hydrogens (tertiary/aromatic N) is 3. The van der Waals surface area contributed by atoms with Crippen LogP contribution in [0.1, 0.15) is 56.3 Å². The molecule has 3 aromatic rings. The molecule has 4 rings (SSSR count). The molecule has 29 heavy (non-hydrogen) atoms. The van der Waals surface area contributed by atoms with Crippen molar-refractivity contribution in [2.75, 3.05) is 6.61 Å². The fourth-order valence-corrected chi connectivity index (χ4v) is 4.28. The Morgan fingerprint density at radius 1 is 1.21 bits per heavy atom. The lowest BCUT2D eigenvalue weighted by Gasteiger charge is -2.22. The molecule has 1 aromatic heterocycles. The Labute approximate surface area is 178 Å². The van der Waals surface area contributed by atoms with Crippen molar-refractivity contribution < 1.29 is 4.74 Å². The Hall–Kier alpha value is -2.47. The molecule has 1 aliphatic carbocycles. The third kappa shape index (κ3) is 4.27. The largest absolute Gasteiger partial charge is 0.493 e. The normalized spacial score (nSPS) is 15.2.